The molecule has 0 spiro atoms. The van der Waals surface area contributed by atoms with E-state index >= 15 is 0 Å². The van der Waals surface area contributed by atoms with Crippen molar-refractivity contribution in [3.05, 3.63) is 68.6 Å². The van der Waals surface area contributed by atoms with E-state index in [2.05, 4.69) is 41.9 Å². The van der Waals surface area contributed by atoms with Crippen LogP contribution in [0.25, 0.3) is 5.57 Å². The molecule has 1 heterocycles. The van der Waals surface area contributed by atoms with Crippen LogP contribution in [-0.4, -0.2) is 41.1 Å². The van der Waals surface area contributed by atoms with Crippen molar-refractivity contribution >= 4 is 34.7 Å². The third-order valence-corrected chi connectivity index (χ3v) is 7.95. The molecule has 3 rings (SSSR count). The normalized spacial score (nSPS) is 16.7. The number of ketones is 1. The minimum atomic E-state index is -0.0603. The zero-order valence-corrected chi connectivity index (χ0v) is 21.5. The van der Waals surface area contributed by atoms with Crippen LogP contribution in [0.2, 0.25) is 5.02 Å². The van der Waals surface area contributed by atoms with Gasteiger partial charge in [0.25, 0.3) is 5.56 Å². The minimum Gasteiger partial charge on any atom is -0.322 e. The van der Waals surface area contributed by atoms with Gasteiger partial charge in [0, 0.05) is 34.6 Å². The van der Waals surface area contributed by atoms with Crippen LogP contribution in [0.4, 0.5) is 0 Å². The van der Waals surface area contributed by atoms with Crippen LogP contribution in [-0.2, 0) is 11.2 Å². The lowest BCUT2D eigenvalue weighted by Crippen LogP contribution is -2.24. The number of aryl methyl sites for hydroxylation is 1. The molecule has 1 saturated carbocycles. The number of allylic oxidation sites excluding steroid dienone is 1. The SMILES string of the molecule is CCc1ccc(C(=C[C@H]2CCC(=O)C2)c2ccc(SCCCN(CC)CC)c(Cl)c2)[nH]c1=O. The van der Waals surface area contributed by atoms with E-state index in [4.69, 9.17) is 11.6 Å². The fourth-order valence-corrected chi connectivity index (χ4v) is 5.50. The number of rotatable bonds is 11. The number of aromatic amines is 1. The zero-order valence-electron chi connectivity index (χ0n) is 20.0. The largest absolute Gasteiger partial charge is 0.322 e. The summed E-state index contributed by atoms with van der Waals surface area (Å²) in [4.78, 5) is 30.9. The summed E-state index contributed by atoms with van der Waals surface area (Å²) < 4.78 is 0. The Kier molecular flexibility index (Phi) is 9.84. The van der Waals surface area contributed by atoms with Crippen molar-refractivity contribution in [1.82, 2.24) is 9.88 Å². The first kappa shape index (κ1) is 25.8. The van der Waals surface area contributed by atoms with E-state index in [1.807, 2.05) is 25.1 Å². The summed E-state index contributed by atoms with van der Waals surface area (Å²) in [6.45, 7) is 9.64. The molecule has 1 aromatic carbocycles. The molecule has 6 heteroatoms. The molecule has 33 heavy (non-hydrogen) atoms. The smallest absolute Gasteiger partial charge is 0.251 e. The molecule has 1 aliphatic rings. The van der Waals surface area contributed by atoms with Crippen LogP contribution in [0.3, 0.4) is 0 Å². The Balaban J connectivity index is 1.82. The Morgan fingerprint density at radius 2 is 1.97 bits per heavy atom. The Morgan fingerprint density at radius 3 is 2.58 bits per heavy atom. The summed E-state index contributed by atoms with van der Waals surface area (Å²) in [5, 5.41) is 0.723. The van der Waals surface area contributed by atoms with Crippen molar-refractivity contribution in [1.29, 1.82) is 0 Å². The van der Waals surface area contributed by atoms with E-state index in [0.717, 1.165) is 70.5 Å². The van der Waals surface area contributed by atoms with E-state index in [0.29, 0.717) is 25.0 Å². The Labute approximate surface area is 206 Å². The average molecular weight is 487 g/mol. The highest BCUT2D eigenvalue weighted by Gasteiger charge is 2.22. The van der Waals surface area contributed by atoms with Gasteiger partial charge in [-0.05, 0) is 74.3 Å². The van der Waals surface area contributed by atoms with Crippen LogP contribution < -0.4 is 5.56 Å². The number of nitrogens with zero attached hydrogens (tertiary/aromatic N) is 1. The van der Waals surface area contributed by atoms with Gasteiger partial charge in [-0.25, -0.2) is 0 Å². The van der Waals surface area contributed by atoms with E-state index < -0.39 is 0 Å². The van der Waals surface area contributed by atoms with Crippen molar-refractivity contribution in [3.8, 4) is 0 Å². The summed E-state index contributed by atoms with van der Waals surface area (Å²) >= 11 is 8.48. The van der Waals surface area contributed by atoms with Crippen LogP contribution >= 0.6 is 23.4 Å². The van der Waals surface area contributed by atoms with Crippen molar-refractivity contribution in [2.75, 3.05) is 25.4 Å². The second kappa shape index (κ2) is 12.6. The predicted octanol–water partition coefficient (Wildman–Crippen LogP) is 6.22. The van der Waals surface area contributed by atoms with Gasteiger partial charge in [0.2, 0.25) is 0 Å². The lowest BCUT2D eigenvalue weighted by molar-refractivity contribution is -0.117. The van der Waals surface area contributed by atoms with Crippen molar-refractivity contribution in [2.24, 2.45) is 5.92 Å². The van der Waals surface area contributed by atoms with Crippen LogP contribution in [0.1, 0.15) is 63.3 Å². The number of carbonyl (C=O) groups excluding carboxylic acids is 1. The minimum absolute atomic E-state index is 0.0603. The number of hydrogen-bond donors (Lipinski definition) is 1. The molecule has 4 nitrogen and oxygen atoms in total. The predicted molar refractivity (Wildman–Crippen MR) is 140 cm³/mol. The highest BCUT2D eigenvalue weighted by Crippen LogP contribution is 2.34. The first-order chi connectivity index (χ1) is 15.9. The van der Waals surface area contributed by atoms with Gasteiger partial charge in [-0.15, -0.1) is 11.8 Å². The molecule has 0 saturated heterocycles. The molecular formula is C27H35ClN2O2S. The van der Waals surface area contributed by atoms with Crippen molar-refractivity contribution in [2.45, 2.75) is 57.8 Å². The Bertz CT molecular complexity index is 1040. The number of aromatic nitrogens is 1. The van der Waals surface area contributed by atoms with Crippen LogP contribution in [0, 0.1) is 5.92 Å². The maximum absolute atomic E-state index is 12.5. The molecule has 1 atom stereocenters. The summed E-state index contributed by atoms with van der Waals surface area (Å²) in [7, 11) is 0. The number of thioether (sulfide) groups is 1. The molecule has 1 fully saturated rings. The molecular weight excluding hydrogens is 452 g/mol. The molecule has 1 N–H and O–H groups in total. The van der Waals surface area contributed by atoms with Crippen LogP contribution in [0.15, 0.2) is 46.1 Å². The monoisotopic (exact) mass is 486 g/mol. The lowest BCUT2D eigenvalue weighted by Gasteiger charge is -2.17. The van der Waals surface area contributed by atoms with Gasteiger partial charge < -0.3 is 9.88 Å². The number of halogens is 1. The van der Waals surface area contributed by atoms with Gasteiger partial charge in [0.15, 0.2) is 0 Å². The van der Waals surface area contributed by atoms with E-state index in [1.54, 1.807) is 11.8 Å². The highest BCUT2D eigenvalue weighted by atomic mass is 35.5. The summed E-state index contributed by atoms with van der Waals surface area (Å²) in [6, 6.07) is 10.00. The Hall–Kier alpha value is -1.82. The molecule has 0 radical (unpaired) electrons. The summed E-state index contributed by atoms with van der Waals surface area (Å²) in [5.74, 6) is 1.52. The topological polar surface area (TPSA) is 53.2 Å². The molecule has 1 aliphatic carbocycles. The number of carbonyl (C=O) groups is 1. The fourth-order valence-electron chi connectivity index (χ4n) is 4.30. The highest BCUT2D eigenvalue weighted by molar-refractivity contribution is 7.99. The third-order valence-electron chi connectivity index (χ3n) is 6.36. The van der Waals surface area contributed by atoms with Gasteiger partial charge >= 0.3 is 0 Å². The second-order valence-corrected chi connectivity index (χ2v) is 10.1. The zero-order chi connectivity index (χ0) is 23.8. The maximum Gasteiger partial charge on any atom is 0.251 e. The van der Waals surface area contributed by atoms with E-state index in [9.17, 15) is 9.59 Å². The molecule has 0 amide bonds. The van der Waals surface area contributed by atoms with Gasteiger partial charge in [0.1, 0.15) is 5.78 Å². The molecule has 0 bridgehead atoms. The van der Waals surface area contributed by atoms with Crippen molar-refractivity contribution in [3.63, 3.8) is 0 Å². The van der Waals surface area contributed by atoms with Gasteiger partial charge in [-0.3, -0.25) is 9.59 Å². The quantitative estimate of drug-likeness (QED) is 0.303. The maximum atomic E-state index is 12.5. The molecule has 178 valence electrons. The van der Waals surface area contributed by atoms with E-state index in [1.165, 1.54) is 0 Å². The van der Waals surface area contributed by atoms with Gasteiger partial charge in [-0.1, -0.05) is 50.6 Å². The number of Topliss-reactive ketones (excluding diaryl/α,β-unsaturated/α-hetero) is 1. The van der Waals surface area contributed by atoms with Crippen molar-refractivity contribution < 1.29 is 4.79 Å². The third kappa shape index (κ3) is 7.08. The summed E-state index contributed by atoms with van der Waals surface area (Å²) in [5.41, 5.74) is 3.38. The van der Waals surface area contributed by atoms with Gasteiger partial charge in [0.05, 0.1) is 5.02 Å². The fraction of sp³-hybridized carbons (Fsp3) is 0.481. The Morgan fingerprint density at radius 1 is 1.18 bits per heavy atom. The number of H-pyrrole nitrogens is 1. The number of pyridine rings is 1. The van der Waals surface area contributed by atoms with Gasteiger partial charge in [-0.2, -0.15) is 0 Å². The average Bonchev–Trinajstić information content (AvgIpc) is 3.23. The standard InChI is InChI=1S/C27H35ClN2O2S/c1-4-20-9-12-25(29-27(20)32)23(17-19-8-11-22(31)16-19)21-10-13-26(24(28)18-21)33-15-7-14-30(5-2)6-3/h9-10,12-13,17-19H,4-8,11,14-16H2,1-3H3,(H,29,32)/t19-/m0/s1. The number of hydrogen-bond acceptors (Lipinski definition) is 4. The molecule has 0 unspecified atom stereocenters. The first-order valence-electron chi connectivity index (χ1n) is 12.1. The van der Waals surface area contributed by atoms with Crippen LogP contribution in [0.5, 0.6) is 0 Å². The number of nitrogens with one attached hydrogen (secondary N) is 1. The summed E-state index contributed by atoms with van der Waals surface area (Å²) in [6.07, 6.45) is 6.00. The number of benzene rings is 1. The second-order valence-electron chi connectivity index (χ2n) is 8.58. The van der Waals surface area contributed by atoms with E-state index in [-0.39, 0.29) is 11.5 Å². The molecule has 2 aromatic rings. The lowest BCUT2D eigenvalue weighted by atomic mass is 9.95. The first-order valence-corrected chi connectivity index (χ1v) is 13.4. The molecule has 0 aliphatic heterocycles. The molecule has 1 aromatic heterocycles.